The molecule has 1 aromatic carbocycles. The lowest BCUT2D eigenvalue weighted by Crippen LogP contribution is -2.18. The van der Waals surface area contributed by atoms with Gasteiger partial charge in [-0.2, -0.15) is 5.10 Å². The summed E-state index contributed by atoms with van der Waals surface area (Å²) >= 11 is 9.67. The molecule has 1 N–H and O–H groups in total. The van der Waals surface area contributed by atoms with E-state index in [-0.39, 0.29) is 6.04 Å². The van der Waals surface area contributed by atoms with E-state index in [1.54, 1.807) is 0 Å². The standard InChI is InChI=1S/C14H17BrClN3/c1-9-11(8-19(3)18-9)7-17-10(2)13-5-4-12(15)6-14(13)16/h4-6,8,10,17H,7H2,1-3H3. The van der Waals surface area contributed by atoms with Gasteiger partial charge in [0, 0.05) is 40.9 Å². The molecule has 0 aliphatic heterocycles. The average Bonchev–Trinajstić information content (AvgIpc) is 2.65. The highest BCUT2D eigenvalue weighted by molar-refractivity contribution is 9.10. The van der Waals surface area contributed by atoms with Crippen LogP contribution >= 0.6 is 27.5 Å². The number of hydrogen-bond acceptors (Lipinski definition) is 2. The van der Waals surface area contributed by atoms with Crippen molar-refractivity contribution in [3.05, 3.63) is 50.7 Å². The quantitative estimate of drug-likeness (QED) is 0.910. The Hall–Kier alpha value is -0.840. The zero-order valence-corrected chi connectivity index (χ0v) is 13.6. The van der Waals surface area contributed by atoms with Gasteiger partial charge in [-0.1, -0.05) is 33.6 Å². The fourth-order valence-electron chi connectivity index (χ4n) is 2.05. The maximum Gasteiger partial charge on any atom is 0.0638 e. The summed E-state index contributed by atoms with van der Waals surface area (Å²) in [6.07, 6.45) is 2.04. The Balaban J connectivity index is 2.05. The normalized spacial score (nSPS) is 12.7. The molecule has 1 unspecified atom stereocenters. The van der Waals surface area contributed by atoms with Crippen molar-refractivity contribution < 1.29 is 0 Å². The van der Waals surface area contributed by atoms with E-state index in [0.29, 0.717) is 0 Å². The minimum absolute atomic E-state index is 0.195. The number of nitrogens with zero attached hydrogens (tertiary/aromatic N) is 2. The van der Waals surface area contributed by atoms with Gasteiger partial charge in [0.05, 0.1) is 5.69 Å². The second-order valence-electron chi connectivity index (χ2n) is 4.68. The molecule has 1 atom stereocenters. The lowest BCUT2D eigenvalue weighted by molar-refractivity contribution is 0.573. The molecule has 0 amide bonds. The minimum Gasteiger partial charge on any atom is -0.306 e. The van der Waals surface area contributed by atoms with Crippen molar-refractivity contribution in [2.45, 2.75) is 26.4 Å². The Morgan fingerprint density at radius 2 is 2.21 bits per heavy atom. The van der Waals surface area contributed by atoms with Crippen LogP contribution in [-0.2, 0) is 13.6 Å². The summed E-state index contributed by atoms with van der Waals surface area (Å²) < 4.78 is 2.83. The Kier molecular flexibility index (Phi) is 4.66. The van der Waals surface area contributed by atoms with E-state index in [9.17, 15) is 0 Å². The molecule has 2 rings (SSSR count). The van der Waals surface area contributed by atoms with Gasteiger partial charge in [-0.15, -0.1) is 0 Å². The SMILES string of the molecule is Cc1nn(C)cc1CNC(C)c1ccc(Br)cc1Cl. The Labute approximate surface area is 127 Å². The monoisotopic (exact) mass is 341 g/mol. The zero-order chi connectivity index (χ0) is 14.0. The van der Waals surface area contributed by atoms with Crippen LogP contribution in [0.15, 0.2) is 28.9 Å². The number of benzene rings is 1. The third-order valence-corrected chi connectivity index (χ3v) is 3.96. The number of rotatable bonds is 4. The molecule has 0 aliphatic carbocycles. The molecule has 0 aliphatic rings. The van der Waals surface area contributed by atoms with Crippen molar-refractivity contribution >= 4 is 27.5 Å². The van der Waals surface area contributed by atoms with Crippen molar-refractivity contribution in [3.63, 3.8) is 0 Å². The second-order valence-corrected chi connectivity index (χ2v) is 6.00. The summed E-state index contributed by atoms with van der Waals surface area (Å²) in [7, 11) is 1.94. The van der Waals surface area contributed by atoms with Gasteiger partial charge in [0.2, 0.25) is 0 Å². The topological polar surface area (TPSA) is 29.9 Å². The fourth-order valence-corrected chi connectivity index (χ4v) is 2.88. The van der Waals surface area contributed by atoms with Gasteiger partial charge in [0.1, 0.15) is 0 Å². The molecule has 3 nitrogen and oxygen atoms in total. The predicted molar refractivity (Wildman–Crippen MR) is 82.4 cm³/mol. The molecule has 0 saturated heterocycles. The van der Waals surface area contributed by atoms with Crippen LogP contribution in [-0.4, -0.2) is 9.78 Å². The summed E-state index contributed by atoms with van der Waals surface area (Å²) in [4.78, 5) is 0. The molecule has 1 heterocycles. The van der Waals surface area contributed by atoms with Crippen LogP contribution in [0.2, 0.25) is 5.02 Å². The summed E-state index contributed by atoms with van der Waals surface area (Å²) in [5.74, 6) is 0. The average molecular weight is 343 g/mol. The second kappa shape index (κ2) is 6.07. The Morgan fingerprint density at radius 1 is 1.47 bits per heavy atom. The molecule has 5 heteroatoms. The van der Waals surface area contributed by atoms with E-state index in [1.165, 1.54) is 5.56 Å². The van der Waals surface area contributed by atoms with E-state index in [1.807, 2.05) is 43.0 Å². The first-order chi connectivity index (χ1) is 8.97. The van der Waals surface area contributed by atoms with E-state index in [2.05, 4.69) is 33.3 Å². The summed E-state index contributed by atoms with van der Waals surface area (Å²) in [5, 5.41) is 8.59. The Bertz CT molecular complexity index is 580. The van der Waals surface area contributed by atoms with Gasteiger partial charge < -0.3 is 5.32 Å². The van der Waals surface area contributed by atoms with E-state index in [0.717, 1.165) is 27.3 Å². The molecule has 0 spiro atoms. The van der Waals surface area contributed by atoms with Crippen LogP contribution in [0, 0.1) is 6.92 Å². The molecule has 19 heavy (non-hydrogen) atoms. The van der Waals surface area contributed by atoms with Crippen molar-refractivity contribution in [3.8, 4) is 0 Å². The smallest absolute Gasteiger partial charge is 0.0638 e. The van der Waals surface area contributed by atoms with Crippen molar-refractivity contribution in [2.75, 3.05) is 0 Å². The lowest BCUT2D eigenvalue weighted by Gasteiger charge is -2.15. The van der Waals surface area contributed by atoms with Gasteiger partial charge in [-0.25, -0.2) is 0 Å². The fraction of sp³-hybridized carbons (Fsp3) is 0.357. The van der Waals surface area contributed by atoms with Crippen LogP contribution in [0.3, 0.4) is 0 Å². The minimum atomic E-state index is 0.195. The first-order valence-electron chi connectivity index (χ1n) is 6.15. The van der Waals surface area contributed by atoms with Gasteiger partial charge in [-0.05, 0) is 31.5 Å². The van der Waals surface area contributed by atoms with Crippen LogP contribution < -0.4 is 5.32 Å². The van der Waals surface area contributed by atoms with E-state index < -0.39 is 0 Å². The van der Waals surface area contributed by atoms with E-state index in [4.69, 9.17) is 11.6 Å². The lowest BCUT2D eigenvalue weighted by atomic mass is 10.1. The molecule has 102 valence electrons. The predicted octanol–water partition coefficient (Wildman–Crippen LogP) is 4.00. The largest absolute Gasteiger partial charge is 0.306 e. The number of aryl methyl sites for hydroxylation is 2. The molecule has 0 radical (unpaired) electrons. The number of aromatic nitrogens is 2. The van der Waals surface area contributed by atoms with Crippen LogP contribution in [0.1, 0.15) is 29.8 Å². The third kappa shape index (κ3) is 3.59. The molecule has 2 aromatic rings. The first kappa shape index (κ1) is 14.6. The Morgan fingerprint density at radius 3 is 2.79 bits per heavy atom. The van der Waals surface area contributed by atoms with E-state index >= 15 is 0 Å². The summed E-state index contributed by atoms with van der Waals surface area (Å²) in [6, 6.07) is 6.17. The van der Waals surface area contributed by atoms with Crippen LogP contribution in [0.4, 0.5) is 0 Å². The van der Waals surface area contributed by atoms with Gasteiger partial charge in [-0.3, -0.25) is 4.68 Å². The van der Waals surface area contributed by atoms with Gasteiger partial charge >= 0.3 is 0 Å². The molecular weight excluding hydrogens is 326 g/mol. The van der Waals surface area contributed by atoms with Crippen LogP contribution in [0.5, 0.6) is 0 Å². The number of nitrogens with one attached hydrogen (secondary N) is 1. The van der Waals surface area contributed by atoms with Crippen molar-refractivity contribution in [1.29, 1.82) is 0 Å². The number of halogens is 2. The van der Waals surface area contributed by atoms with Crippen LogP contribution in [0.25, 0.3) is 0 Å². The van der Waals surface area contributed by atoms with Crippen molar-refractivity contribution in [2.24, 2.45) is 7.05 Å². The maximum atomic E-state index is 6.26. The summed E-state index contributed by atoms with van der Waals surface area (Å²) in [5.41, 5.74) is 3.37. The maximum absolute atomic E-state index is 6.26. The highest BCUT2D eigenvalue weighted by Gasteiger charge is 2.11. The molecule has 0 bridgehead atoms. The molecule has 1 aromatic heterocycles. The first-order valence-corrected chi connectivity index (χ1v) is 7.32. The molecule has 0 fully saturated rings. The third-order valence-electron chi connectivity index (χ3n) is 3.14. The van der Waals surface area contributed by atoms with Gasteiger partial charge in [0.15, 0.2) is 0 Å². The molecule has 0 saturated carbocycles. The zero-order valence-electron chi connectivity index (χ0n) is 11.2. The van der Waals surface area contributed by atoms with Gasteiger partial charge in [0.25, 0.3) is 0 Å². The molecular formula is C14H17BrClN3. The highest BCUT2D eigenvalue weighted by Crippen LogP contribution is 2.26. The van der Waals surface area contributed by atoms with Crippen molar-refractivity contribution in [1.82, 2.24) is 15.1 Å². The summed E-state index contributed by atoms with van der Waals surface area (Å²) in [6.45, 7) is 4.92. The highest BCUT2D eigenvalue weighted by atomic mass is 79.9. The number of hydrogen-bond donors (Lipinski definition) is 1.